The molecule has 0 aliphatic carbocycles. The highest BCUT2D eigenvalue weighted by Gasteiger charge is 2.32. The number of aromatic nitrogens is 4. The van der Waals surface area contributed by atoms with E-state index >= 15 is 0 Å². The number of anilines is 1. The van der Waals surface area contributed by atoms with Crippen LogP contribution in [0.1, 0.15) is 41.4 Å². The van der Waals surface area contributed by atoms with Crippen LogP contribution in [-0.2, 0) is 11.3 Å². The Hall–Kier alpha value is -2.97. The molecule has 8 heteroatoms. The Morgan fingerprint density at radius 3 is 2.56 bits per heavy atom. The van der Waals surface area contributed by atoms with E-state index in [1.807, 2.05) is 16.8 Å². The van der Waals surface area contributed by atoms with Crippen LogP contribution in [0.2, 0.25) is 0 Å². The molecule has 2 fully saturated rings. The minimum atomic E-state index is -0.0249. The number of rotatable bonds is 7. The van der Waals surface area contributed by atoms with E-state index in [4.69, 9.17) is 9.47 Å². The lowest BCUT2D eigenvalue weighted by molar-refractivity contribution is 0.0906. The minimum absolute atomic E-state index is 0.0249. The van der Waals surface area contributed by atoms with Crippen molar-refractivity contribution in [2.75, 3.05) is 44.8 Å². The quantitative estimate of drug-likeness (QED) is 0.533. The van der Waals surface area contributed by atoms with Gasteiger partial charge >= 0.3 is 0 Å². The van der Waals surface area contributed by atoms with Gasteiger partial charge in [0.2, 0.25) is 0 Å². The van der Waals surface area contributed by atoms with Gasteiger partial charge in [-0.15, -0.1) is 5.10 Å². The monoisotopic (exact) mass is 462 g/mol. The van der Waals surface area contributed by atoms with E-state index in [0.29, 0.717) is 6.54 Å². The minimum Gasteiger partial charge on any atom is -0.497 e. The van der Waals surface area contributed by atoms with Crippen molar-refractivity contribution in [2.45, 2.75) is 45.4 Å². The third kappa shape index (κ3) is 4.65. The molecule has 0 spiro atoms. The van der Waals surface area contributed by atoms with Crippen molar-refractivity contribution in [1.82, 2.24) is 25.1 Å². The summed E-state index contributed by atoms with van der Waals surface area (Å²) >= 11 is 0. The van der Waals surface area contributed by atoms with Crippen LogP contribution in [0.3, 0.4) is 0 Å². The fourth-order valence-corrected chi connectivity index (χ4v) is 5.13. The summed E-state index contributed by atoms with van der Waals surface area (Å²) < 4.78 is 13.2. The van der Waals surface area contributed by atoms with E-state index in [2.05, 4.69) is 69.5 Å². The van der Waals surface area contributed by atoms with E-state index in [0.717, 1.165) is 57.2 Å². The zero-order valence-electron chi connectivity index (χ0n) is 20.4. The van der Waals surface area contributed by atoms with Crippen LogP contribution in [0.25, 0.3) is 0 Å². The molecular weight excluding hydrogens is 428 g/mol. The van der Waals surface area contributed by atoms with Crippen LogP contribution in [0, 0.1) is 13.8 Å². The highest BCUT2D eigenvalue weighted by atomic mass is 16.5. The Bertz CT molecular complexity index is 1080. The molecule has 180 valence electrons. The predicted octanol–water partition coefficient (Wildman–Crippen LogP) is 3.39. The van der Waals surface area contributed by atoms with Crippen molar-refractivity contribution in [3.63, 3.8) is 0 Å². The van der Waals surface area contributed by atoms with Crippen molar-refractivity contribution in [3.8, 4) is 5.75 Å². The fourth-order valence-electron chi connectivity index (χ4n) is 5.13. The second-order valence-corrected chi connectivity index (χ2v) is 9.27. The van der Waals surface area contributed by atoms with Gasteiger partial charge < -0.3 is 14.4 Å². The van der Waals surface area contributed by atoms with Crippen molar-refractivity contribution in [3.05, 3.63) is 65.0 Å². The number of ether oxygens (including phenoxy) is 2. The second kappa shape index (κ2) is 10.1. The third-order valence-electron chi connectivity index (χ3n) is 7.23. The number of hydrogen-bond acceptors (Lipinski definition) is 7. The van der Waals surface area contributed by atoms with Crippen molar-refractivity contribution < 1.29 is 9.47 Å². The Morgan fingerprint density at radius 1 is 1.06 bits per heavy atom. The van der Waals surface area contributed by atoms with Crippen molar-refractivity contribution in [1.29, 1.82) is 0 Å². The van der Waals surface area contributed by atoms with Crippen LogP contribution < -0.4 is 9.64 Å². The summed E-state index contributed by atoms with van der Waals surface area (Å²) in [7, 11) is 1.70. The topological polar surface area (TPSA) is 68.5 Å². The molecule has 2 aliphatic rings. The molecule has 3 heterocycles. The summed E-state index contributed by atoms with van der Waals surface area (Å²) in [5.41, 5.74) is 5.21. The molecule has 0 radical (unpaired) electrons. The largest absolute Gasteiger partial charge is 0.497 e. The first kappa shape index (κ1) is 22.8. The lowest BCUT2D eigenvalue weighted by Gasteiger charge is -2.40. The normalized spacial score (nSPS) is 20.0. The Kier molecular flexibility index (Phi) is 6.78. The average molecular weight is 463 g/mol. The summed E-state index contributed by atoms with van der Waals surface area (Å²) in [6.07, 6.45) is 2.34. The number of tetrazole rings is 1. The van der Waals surface area contributed by atoms with Gasteiger partial charge in [-0.05, 0) is 72.0 Å². The smallest absolute Gasteiger partial charge is 0.173 e. The molecule has 0 N–H and O–H groups in total. The first-order valence-electron chi connectivity index (χ1n) is 12.2. The molecule has 2 aromatic carbocycles. The fraction of sp³-hybridized carbons (Fsp3) is 0.500. The molecule has 0 amide bonds. The maximum atomic E-state index is 5.87. The molecule has 34 heavy (non-hydrogen) atoms. The number of aryl methyl sites for hydroxylation is 1. The van der Waals surface area contributed by atoms with Gasteiger partial charge in [-0.3, -0.25) is 4.90 Å². The molecular formula is C26H34N6O2. The number of benzene rings is 2. The number of piperazine rings is 1. The van der Waals surface area contributed by atoms with Gasteiger partial charge in [0, 0.05) is 38.5 Å². The Labute approximate surface area is 201 Å². The molecule has 8 nitrogen and oxygen atoms in total. The maximum absolute atomic E-state index is 5.87. The summed E-state index contributed by atoms with van der Waals surface area (Å²) in [6, 6.07) is 14.8. The first-order chi connectivity index (χ1) is 16.6. The Balaban J connectivity index is 1.40. The number of methoxy groups -OCH3 is 1. The molecule has 2 atom stereocenters. The van der Waals surface area contributed by atoms with Crippen LogP contribution in [0.5, 0.6) is 5.75 Å². The highest BCUT2D eigenvalue weighted by Crippen LogP contribution is 2.31. The van der Waals surface area contributed by atoms with Gasteiger partial charge in [0.05, 0.1) is 25.8 Å². The van der Waals surface area contributed by atoms with Gasteiger partial charge in [0.25, 0.3) is 0 Å². The summed E-state index contributed by atoms with van der Waals surface area (Å²) in [4.78, 5) is 5.00. The molecule has 5 rings (SSSR count). The molecule has 0 unspecified atom stereocenters. The SMILES string of the molecule is COc1ccc([C@H](c2nnnn2C[C@@H]2CCCO2)N2CCN(c3cccc(C)c3C)CC2)cc1. The maximum Gasteiger partial charge on any atom is 0.173 e. The van der Waals surface area contributed by atoms with Crippen molar-refractivity contribution in [2.24, 2.45) is 0 Å². The average Bonchev–Trinajstić information content (AvgIpc) is 3.55. The van der Waals surface area contributed by atoms with Crippen LogP contribution in [0.15, 0.2) is 42.5 Å². The molecule has 2 saturated heterocycles. The van der Waals surface area contributed by atoms with Crippen molar-refractivity contribution >= 4 is 5.69 Å². The molecule has 2 aliphatic heterocycles. The van der Waals surface area contributed by atoms with E-state index in [1.165, 1.54) is 22.4 Å². The van der Waals surface area contributed by atoms with Crippen LogP contribution in [-0.4, -0.2) is 71.1 Å². The summed E-state index contributed by atoms with van der Waals surface area (Å²) in [5, 5.41) is 12.9. The first-order valence-corrected chi connectivity index (χ1v) is 12.2. The number of hydrogen-bond donors (Lipinski definition) is 0. The van der Waals surface area contributed by atoms with Crippen LogP contribution in [0.4, 0.5) is 5.69 Å². The number of nitrogens with zero attached hydrogens (tertiary/aromatic N) is 6. The Morgan fingerprint density at radius 2 is 1.85 bits per heavy atom. The zero-order chi connectivity index (χ0) is 23.5. The summed E-state index contributed by atoms with van der Waals surface area (Å²) in [6.45, 7) is 9.70. The highest BCUT2D eigenvalue weighted by molar-refractivity contribution is 5.56. The molecule has 1 aromatic heterocycles. The van der Waals surface area contributed by atoms with Gasteiger partial charge in [0.1, 0.15) is 5.75 Å². The zero-order valence-corrected chi connectivity index (χ0v) is 20.4. The molecule has 3 aromatic rings. The van der Waals surface area contributed by atoms with Gasteiger partial charge in [-0.25, -0.2) is 4.68 Å². The lowest BCUT2D eigenvalue weighted by atomic mass is 10.0. The van der Waals surface area contributed by atoms with E-state index < -0.39 is 0 Å². The standard InChI is InChI=1S/C26H34N6O2/c1-19-6-4-8-24(20(19)2)30-13-15-31(16-14-30)25(21-9-11-22(33-3)12-10-21)26-27-28-29-32(26)18-23-7-5-17-34-23/h4,6,8-12,23,25H,5,7,13-18H2,1-3H3/t23-,25+/m0/s1. The molecule has 0 saturated carbocycles. The molecule has 0 bridgehead atoms. The van der Waals surface area contributed by atoms with Gasteiger partial charge in [-0.1, -0.05) is 24.3 Å². The predicted molar refractivity (Wildman–Crippen MR) is 131 cm³/mol. The van der Waals surface area contributed by atoms with E-state index in [-0.39, 0.29) is 12.1 Å². The van der Waals surface area contributed by atoms with E-state index in [9.17, 15) is 0 Å². The third-order valence-corrected chi connectivity index (χ3v) is 7.23. The second-order valence-electron chi connectivity index (χ2n) is 9.27. The van der Waals surface area contributed by atoms with Crippen LogP contribution >= 0.6 is 0 Å². The summed E-state index contributed by atoms with van der Waals surface area (Å²) in [5.74, 6) is 1.72. The lowest BCUT2D eigenvalue weighted by Crippen LogP contribution is -2.48. The van der Waals surface area contributed by atoms with E-state index in [1.54, 1.807) is 7.11 Å². The van der Waals surface area contributed by atoms with Gasteiger partial charge in [-0.2, -0.15) is 0 Å². The van der Waals surface area contributed by atoms with Gasteiger partial charge in [0.15, 0.2) is 5.82 Å².